The van der Waals surface area contributed by atoms with Crippen LogP contribution in [0.5, 0.6) is 0 Å². The molecule has 5 nitrogen and oxygen atoms in total. The van der Waals surface area contributed by atoms with Crippen molar-refractivity contribution >= 4 is 34.4 Å². The van der Waals surface area contributed by atoms with Crippen LogP contribution in [0.2, 0.25) is 0 Å². The number of imidazole rings is 1. The number of carbonyl (C=O) groups excluding carboxylic acids is 1. The van der Waals surface area contributed by atoms with Crippen molar-refractivity contribution in [2.45, 2.75) is 6.92 Å². The Morgan fingerprint density at radius 3 is 2.72 bits per heavy atom. The fraction of sp³-hybridized carbons (Fsp3) is 0.167. The highest BCUT2D eigenvalue weighted by atomic mass is 127. The minimum atomic E-state index is -0.501. The van der Waals surface area contributed by atoms with Crippen LogP contribution in [-0.2, 0) is 4.74 Å². The van der Waals surface area contributed by atoms with Crippen molar-refractivity contribution in [1.29, 1.82) is 0 Å². The van der Waals surface area contributed by atoms with Crippen LogP contribution in [0.15, 0.2) is 30.6 Å². The van der Waals surface area contributed by atoms with Gasteiger partial charge in [-0.05, 0) is 53.8 Å². The molecule has 0 atom stereocenters. The van der Waals surface area contributed by atoms with Gasteiger partial charge in [-0.2, -0.15) is 0 Å². The number of esters is 1. The van der Waals surface area contributed by atoms with Crippen LogP contribution < -0.4 is 5.73 Å². The standard InChI is InChI=1S/C12H12IN3O2/c1-2-18-12(17)10-11(14)16(7-15-10)9-5-3-8(13)4-6-9/h3-7H,2,14H2,1H3. The van der Waals surface area contributed by atoms with Gasteiger partial charge in [0.05, 0.1) is 6.61 Å². The lowest BCUT2D eigenvalue weighted by molar-refractivity contribution is 0.0521. The Labute approximate surface area is 118 Å². The normalized spacial score (nSPS) is 10.3. The van der Waals surface area contributed by atoms with Gasteiger partial charge in [-0.15, -0.1) is 0 Å². The number of aromatic nitrogens is 2. The van der Waals surface area contributed by atoms with E-state index in [0.717, 1.165) is 9.26 Å². The molecule has 1 heterocycles. The number of rotatable bonds is 3. The smallest absolute Gasteiger partial charge is 0.360 e. The number of nitrogens with two attached hydrogens (primary N) is 1. The summed E-state index contributed by atoms with van der Waals surface area (Å²) in [6.07, 6.45) is 1.52. The second-order valence-electron chi connectivity index (χ2n) is 3.55. The molecule has 6 heteroatoms. The summed E-state index contributed by atoms with van der Waals surface area (Å²) in [7, 11) is 0. The lowest BCUT2D eigenvalue weighted by atomic mass is 10.3. The number of halogens is 1. The van der Waals surface area contributed by atoms with Gasteiger partial charge in [0, 0.05) is 9.26 Å². The highest BCUT2D eigenvalue weighted by Gasteiger charge is 2.17. The Hall–Kier alpha value is -1.57. The third-order valence-corrected chi connectivity index (χ3v) is 3.10. The minimum Gasteiger partial charge on any atom is -0.461 e. The van der Waals surface area contributed by atoms with Crippen LogP contribution in [0.25, 0.3) is 5.69 Å². The van der Waals surface area contributed by atoms with Gasteiger partial charge in [0.15, 0.2) is 5.69 Å². The Balaban J connectivity index is 2.36. The van der Waals surface area contributed by atoms with Crippen LogP contribution in [0.4, 0.5) is 5.82 Å². The summed E-state index contributed by atoms with van der Waals surface area (Å²) >= 11 is 2.22. The zero-order valence-electron chi connectivity index (χ0n) is 9.76. The van der Waals surface area contributed by atoms with Gasteiger partial charge in [0.2, 0.25) is 0 Å². The molecule has 0 saturated heterocycles. The largest absolute Gasteiger partial charge is 0.461 e. The SMILES string of the molecule is CCOC(=O)c1ncn(-c2ccc(I)cc2)c1N. The fourth-order valence-electron chi connectivity index (χ4n) is 1.52. The minimum absolute atomic E-state index is 0.149. The molecule has 2 rings (SSSR count). The van der Waals surface area contributed by atoms with E-state index >= 15 is 0 Å². The van der Waals surface area contributed by atoms with E-state index in [-0.39, 0.29) is 11.5 Å². The van der Waals surface area contributed by atoms with Gasteiger partial charge in [0.1, 0.15) is 12.1 Å². The predicted molar refractivity (Wildman–Crippen MR) is 76.6 cm³/mol. The molecule has 0 fully saturated rings. The number of anilines is 1. The maximum Gasteiger partial charge on any atom is 0.360 e. The van der Waals surface area contributed by atoms with Crippen LogP contribution >= 0.6 is 22.6 Å². The van der Waals surface area contributed by atoms with Crippen molar-refractivity contribution < 1.29 is 9.53 Å². The zero-order chi connectivity index (χ0) is 13.1. The first-order valence-electron chi connectivity index (χ1n) is 5.39. The summed E-state index contributed by atoms with van der Waals surface area (Å²) in [5.41, 5.74) is 6.91. The van der Waals surface area contributed by atoms with Crippen LogP contribution in [-0.4, -0.2) is 22.1 Å². The fourth-order valence-corrected chi connectivity index (χ4v) is 1.88. The molecule has 0 aliphatic carbocycles. The van der Waals surface area contributed by atoms with E-state index in [1.165, 1.54) is 6.33 Å². The van der Waals surface area contributed by atoms with E-state index in [1.807, 2.05) is 24.3 Å². The highest BCUT2D eigenvalue weighted by molar-refractivity contribution is 14.1. The number of carbonyl (C=O) groups is 1. The summed E-state index contributed by atoms with van der Waals surface area (Å²) < 4.78 is 7.66. The highest BCUT2D eigenvalue weighted by Crippen LogP contribution is 2.18. The van der Waals surface area contributed by atoms with E-state index in [9.17, 15) is 4.79 Å². The predicted octanol–water partition coefficient (Wildman–Crippen LogP) is 2.24. The second kappa shape index (κ2) is 5.38. The van der Waals surface area contributed by atoms with E-state index in [0.29, 0.717) is 6.61 Å². The number of nitrogens with zero attached hydrogens (tertiary/aromatic N) is 2. The molecule has 2 N–H and O–H groups in total. The number of hydrogen-bond donors (Lipinski definition) is 1. The molecule has 0 bridgehead atoms. The number of benzene rings is 1. The first-order valence-corrected chi connectivity index (χ1v) is 6.47. The number of hydrogen-bond acceptors (Lipinski definition) is 4. The lowest BCUT2D eigenvalue weighted by Gasteiger charge is -2.05. The molecule has 0 unspecified atom stereocenters. The van der Waals surface area contributed by atoms with Gasteiger partial charge in [-0.1, -0.05) is 0 Å². The number of ether oxygens (including phenoxy) is 1. The molecule has 1 aromatic heterocycles. The maximum atomic E-state index is 11.6. The van der Waals surface area contributed by atoms with Crippen molar-refractivity contribution in [3.63, 3.8) is 0 Å². The first-order chi connectivity index (χ1) is 8.63. The van der Waals surface area contributed by atoms with Crippen molar-refractivity contribution in [2.24, 2.45) is 0 Å². The Bertz CT molecular complexity index is 563. The van der Waals surface area contributed by atoms with E-state index in [1.54, 1.807) is 11.5 Å². The zero-order valence-corrected chi connectivity index (χ0v) is 11.9. The molecule has 18 heavy (non-hydrogen) atoms. The van der Waals surface area contributed by atoms with Gasteiger partial charge in [-0.25, -0.2) is 9.78 Å². The molecule has 0 radical (unpaired) electrons. The maximum absolute atomic E-state index is 11.6. The summed E-state index contributed by atoms with van der Waals surface area (Å²) in [5.74, 6) is -0.214. The first kappa shape index (κ1) is 12.9. The third-order valence-electron chi connectivity index (χ3n) is 2.38. The molecular weight excluding hydrogens is 345 g/mol. The Morgan fingerprint density at radius 1 is 1.44 bits per heavy atom. The van der Waals surface area contributed by atoms with E-state index < -0.39 is 5.97 Å². The van der Waals surface area contributed by atoms with Crippen molar-refractivity contribution in [2.75, 3.05) is 12.3 Å². The van der Waals surface area contributed by atoms with Crippen LogP contribution in [0.1, 0.15) is 17.4 Å². The second-order valence-corrected chi connectivity index (χ2v) is 4.79. The Kier molecular flexibility index (Phi) is 3.85. The summed E-state index contributed by atoms with van der Waals surface area (Å²) in [5, 5.41) is 0. The van der Waals surface area contributed by atoms with Gasteiger partial charge < -0.3 is 10.5 Å². The molecular formula is C12H12IN3O2. The van der Waals surface area contributed by atoms with Crippen molar-refractivity contribution in [3.8, 4) is 5.69 Å². The molecule has 0 saturated carbocycles. The van der Waals surface area contributed by atoms with Gasteiger partial charge >= 0.3 is 5.97 Å². The molecule has 2 aromatic rings. The summed E-state index contributed by atoms with van der Waals surface area (Å²) in [6, 6.07) is 7.74. The van der Waals surface area contributed by atoms with Gasteiger partial charge in [0.25, 0.3) is 0 Å². The van der Waals surface area contributed by atoms with Crippen molar-refractivity contribution in [1.82, 2.24) is 9.55 Å². The summed E-state index contributed by atoms with van der Waals surface area (Å²) in [6.45, 7) is 2.04. The monoisotopic (exact) mass is 357 g/mol. The third kappa shape index (κ3) is 2.47. The molecule has 0 spiro atoms. The molecule has 0 amide bonds. The average molecular weight is 357 g/mol. The number of nitrogen functional groups attached to an aromatic ring is 1. The van der Waals surface area contributed by atoms with Gasteiger partial charge in [-0.3, -0.25) is 4.57 Å². The van der Waals surface area contributed by atoms with Crippen LogP contribution in [0, 0.1) is 3.57 Å². The average Bonchev–Trinajstić information content (AvgIpc) is 2.73. The topological polar surface area (TPSA) is 70.1 Å². The lowest BCUT2D eigenvalue weighted by Crippen LogP contribution is -2.09. The molecule has 0 aliphatic heterocycles. The summed E-state index contributed by atoms with van der Waals surface area (Å²) in [4.78, 5) is 15.6. The van der Waals surface area contributed by atoms with E-state index in [4.69, 9.17) is 10.5 Å². The van der Waals surface area contributed by atoms with Crippen molar-refractivity contribution in [3.05, 3.63) is 39.9 Å². The molecule has 1 aromatic carbocycles. The Morgan fingerprint density at radius 2 is 2.11 bits per heavy atom. The molecule has 0 aliphatic rings. The van der Waals surface area contributed by atoms with Crippen LogP contribution in [0.3, 0.4) is 0 Å². The van der Waals surface area contributed by atoms with E-state index in [2.05, 4.69) is 27.6 Å². The quantitative estimate of drug-likeness (QED) is 0.676. The molecule has 94 valence electrons.